The normalized spacial score (nSPS) is 15.8. The number of likely N-dealkylation sites (N-methyl/N-ethyl adjacent to an activating group) is 1. The Morgan fingerprint density at radius 1 is 1.10 bits per heavy atom. The number of nitrogens with zero attached hydrogens (tertiary/aromatic N) is 5. The molecule has 8 nitrogen and oxygen atoms in total. The van der Waals surface area contributed by atoms with Crippen molar-refractivity contribution in [2.24, 2.45) is 0 Å². The zero-order chi connectivity index (χ0) is 21.3. The summed E-state index contributed by atoms with van der Waals surface area (Å²) in [5, 5.41) is 10.9. The monoisotopic (exact) mass is 403 g/mol. The molecular weight excluding hydrogens is 382 g/mol. The highest BCUT2D eigenvalue weighted by Crippen LogP contribution is 2.46. The number of tetrazole rings is 1. The molecule has 0 spiro atoms. The molecule has 0 fully saturated rings. The van der Waals surface area contributed by atoms with Gasteiger partial charge in [-0.15, -0.1) is 5.10 Å². The Hall–Kier alpha value is -3.81. The molecule has 8 heteroatoms. The first-order valence-corrected chi connectivity index (χ1v) is 9.47. The maximum atomic E-state index is 12.5. The van der Waals surface area contributed by atoms with E-state index in [1.807, 2.05) is 30.1 Å². The fraction of sp³-hybridized carbons (Fsp3) is 0.227. The average molecular weight is 403 g/mol. The summed E-state index contributed by atoms with van der Waals surface area (Å²) >= 11 is 0. The smallest absolute Gasteiger partial charge is 0.338 e. The number of anilines is 1. The van der Waals surface area contributed by atoms with E-state index in [2.05, 4.69) is 35.4 Å². The van der Waals surface area contributed by atoms with Crippen LogP contribution < -0.4 is 4.90 Å². The molecule has 1 aromatic heterocycles. The first-order chi connectivity index (χ1) is 14.4. The van der Waals surface area contributed by atoms with Gasteiger partial charge in [-0.2, -0.15) is 0 Å². The Labute approximate surface area is 173 Å². The third kappa shape index (κ3) is 3.47. The topological polar surface area (TPSA) is 90.2 Å². The van der Waals surface area contributed by atoms with Gasteiger partial charge in [-0.3, -0.25) is 4.79 Å². The van der Waals surface area contributed by atoms with Gasteiger partial charge in [-0.05, 0) is 46.3 Å². The number of rotatable bonds is 5. The van der Waals surface area contributed by atoms with Crippen molar-refractivity contribution in [3.8, 4) is 5.69 Å². The first kappa shape index (κ1) is 19.5. The SMILES string of the molecule is CN1/C(=C/C(=O)COC(=O)c2ccc(-n3cnnn3)cc2)C(C)(C)c2ccccc21. The van der Waals surface area contributed by atoms with Crippen LogP contribution in [0.1, 0.15) is 29.8 Å². The summed E-state index contributed by atoms with van der Waals surface area (Å²) in [4.78, 5) is 26.8. The van der Waals surface area contributed by atoms with Crippen LogP contribution in [-0.4, -0.2) is 45.6 Å². The van der Waals surface area contributed by atoms with Gasteiger partial charge < -0.3 is 9.64 Å². The van der Waals surface area contributed by atoms with Crippen LogP contribution in [0.4, 0.5) is 5.69 Å². The van der Waals surface area contributed by atoms with E-state index in [1.54, 1.807) is 30.3 Å². The van der Waals surface area contributed by atoms with E-state index in [0.717, 1.165) is 16.9 Å². The number of benzene rings is 2. The molecule has 0 aliphatic carbocycles. The van der Waals surface area contributed by atoms with Crippen LogP contribution in [0.5, 0.6) is 0 Å². The number of allylic oxidation sites excluding steroid dienone is 1. The minimum atomic E-state index is -0.563. The number of fused-ring (bicyclic) bond motifs is 1. The number of carbonyl (C=O) groups is 2. The zero-order valence-electron chi connectivity index (χ0n) is 16.9. The van der Waals surface area contributed by atoms with Crippen LogP contribution in [0.25, 0.3) is 5.69 Å². The third-order valence-corrected chi connectivity index (χ3v) is 5.30. The summed E-state index contributed by atoms with van der Waals surface area (Å²) < 4.78 is 6.69. The molecule has 2 aromatic carbocycles. The average Bonchev–Trinajstić information content (AvgIpc) is 3.35. The fourth-order valence-corrected chi connectivity index (χ4v) is 3.70. The summed E-state index contributed by atoms with van der Waals surface area (Å²) in [5.74, 6) is -0.830. The second-order valence-corrected chi connectivity index (χ2v) is 7.57. The van der Waals surface area contributed by atoms with Crippen molar-refractivity contribution in [2.45, 2.75) is 19.3 Å². The van der Waals surface area contributed by atoms with Crippen molar-refractivity contribution in [3.63, 3.8) is 0 Å². The molecule has 2 heterocycles. The number of aromatic nitrogens is 4. The predicted molar refractivity (Wildman–Crippen MR) is 110 cm³/mol. The molecule has 0 saturated carbocycles. The molecule has 4 rings (SSSR count). The quantitative estimate of drug-likeness (QED) is 0.478. The molecule has 3 aromatic rings. The number of ether oxygens (including phenoxy) is 1. The lowest BCUT2D eigenvalue weighted by atomic mass is 9.83. The number of hydrogen-bond acceptors (Lipinski definition) is 7. The van der Waals surface area contributed by atoms with E-state index in [4.69, 9.17) is 4.74 Å². The molecular formula is C22H21N5O3. The van der Waals surface area contributed by atoms with Gasteiger partial charge in [0.2, 0.25) is 0 Å². The Kier molecular flexibility index (Phi) is 4.91. The molecule has 1 aliphatic rings. The van der Waals surface area contributed by atoms with E-state index in [1.165, 1.54) is 11.0 Å². The Balaban J connectivity index is 1.42. The molecule has 0 unspecified atom stereocenters. The van der Waals surface area contributed by atoms with Gasteiger partial charge >= 0.3 is 5.97 Å². The number of hydrogen-bond donors (Lipinski definition) is 0. The van der Waals surface area contributed by atoms with Crippen molar-refractivity contribution >= 4 is 17.4 Å². The van der Waals surface area contributed by atoms with E-state index >= 15 is 0 Å². The number of para-hydroxylation sites is 1. The van der Waals surface area contributed by atoms with E-state index in [9.17, 15) is 9.59 Å². The fourth-order valence-electron chi connectivity index (χ4n) is 3.70. The van der Waals surface area contributed by atoms with Crippen molar-refractivity contribution in [3.05, 3.63) is 77.8 Å². The molecule has 0 atom stereocenters. The van der Waals surface area contributed by atoms with Gasteiger partial charge in [0.1, 0.15) is 6.33 Å². The maximum Gasteiger partial charge on any atom is 0.338 e. The van der Waals surface area contributed by atoms with E-state index in [0.29, 0.717) is 11.3 Å². The molecule has 0 radical (unpaired) electrons. The summed E-state index contributed by atoms with van der Waals surface area (Å²) in [6.07, 6.45) is 3.02. The highest BCUT2D eigenvalue weighted by atomic mass is 16.5. The second kappa shape index (κ2) is 7.55. The Morgan fingerprint density at radius 3 is 2.50 bits per heavy atom. The van der Waals surface area contributed by atoms with Gasteiger partial charge in [0.05, 0.1) is 11.3 Å². The molecule has 0 N–H and O–H groups in total. The molecule has 1 aliphatic heterocycles. The lowest BCUT2D eigenvalue weighted by Crippen LogP contribution is -2.25. The Bertz CT molecular complexity index is 1120. The lowest BCUT2D eigenvalue weighted by Gasteiger charge is -2.23. The van der Waals surface area contributed by atoms with Gasteiger partial charge in [0.25, 0.3) is 0 Å². The molecule has 0 bridgehead atoms. The van der Waals surface area contributed by atoms with Crippen molar-refractivity contribution in [1.82, 2.24) is 20.2 Å². The zero-order valence-corrected chi connectivity index (χ0v) is 16.9. The van der Waals surface area contributed by atoms with Crippen LogP contribution in [0, 0.1) is 0 Å². The highest BCUT2D eigenvalue weighted by molar-refractivity contribution is 5.96. The molecule has 0 amide bonds. The maximum absolute atomic E-state index is 12.5. The van der Waals surface area contributed by atoms with E-state index < -0.39 is 5.97 Å². The van der Waals surface area contributed by atoms with Crippen LogP contribution in [0.15, 0.2) is 66.6 Å². The molecule has 0 saturated heterocycles. The van der Waals surface area contributed by atoms with Crippen LogP contribution >= 0.6 is 0 Å². The number of esters is 1. The summed E-state index contributed by atoms with van der Waals surface area (Å²) in [5.41, 5.74) is 3.85. The number of carbonyl (C=O) groups excluding carboxylic acids is 2. The minimum Gasteiger partial charge on any atom is -0.454 e. The standard InChI is InChI=1S/C22H21N5O3/c1-22(2)18-6-4-5-7-19(18)26(3)20(22)12-17(28)13-30-21(29)15-8-10-16(11-9-15)27-14-23-24-25-27/h4-12,14H,13H2,1-3H3/b20-12+. The first-order valence-electron chi connectivity index (χ1n) is 9.47. The van der Waals surface area contributed by atoms with Crippen molar-refractivity contribution < 1.29 is 14.3 Å². The largest absolute Gasteiger partial charge is 0.454 e. The van der Waals surface area contributed by atoms with Crippen LogP contribution in [0.2, 0.25) is 0 Å². The second-order valence-electron chi connectivity index (χ2n) is 7.57. The molecule has 30 heavy (non-hydrogen) atoms. The van der Waals surface area contributed by atoms with Crippen molar-refractivity contribution in [2.75, 3.05) is 18.6 Å². The van der Waals surface area contributed by atoms with Gasteiger partial charge in [0, 0.05) is 29.9 Å². The summed E-state index contributed by atoms with van der Waals surface area (Å²) in [6.45, 7) is 3.83. The van der Waals surface area contributed by atoms with E-state index in [-0.39, 0.29) is 17.8 Å². The predicted octanol–water partition coefficient (Wildman–Crippen LogP) is 2.70. The van der Waals surface area contributed by atoms with Gasteiger partial charge in [-0.25, -0.2) is 9.48 Å². The summed E-state index contributed by atoms with van der Waals surface area (Å²) in [7, 11) is 1.94. The molecule has 152 valence electrons. The summed E-state index contributed by atoms with van der Waals surface area (Å²) in [6, 6.07) is 14.7. The van der Waals surface area contributed by atoms with Crippen LogP contribution in [-0.2, 0) is 14.9 Å². The highest BCUT2D eigenvalue weighted by Gasteiger charge is 2.38. The Morgan fingerprint density at radius 2 is 1.83 bits per heavy atom. The van der Waals surface area contributed by atoms with Gasteiger partial charge in [0.15, 0.2) is 12.4 Å². The van der Waals surface area contributed by atoms with Crippen LogP contribution in [0.3, 0.4) is 0 Å². The number of ketones is 1. The lowest BCUT2D eigenvalue weighted by molar-refractivity contribution is -0.117. The third-order valence-electron chi connectivity index (χ3n) is 5.30. The van der Waals surface area contributed by atoms with Crippen molar-refractivity contribution in [1.29, 1.82) is 0 Å². The van der Waals surface area contributed by atoms with Gasteiger partial charge in [-0.1, -0.05) is 32.0 Å². The minimum absolute atomic E-state index is 0.267.